The second kappa shape index (κ2) is 8.44. The van der Waals surface area contributed by atoms with Crippen molar-refractivity contribution in [3.05, 3.63) is 66.0 Å². The number of hydrogen-bond acceptors (Lipinski definition) is 5. The first kappa shape index (κ1) is 19.2. The van der Waals surface area contributed by atoms with E-state index in [1.165, 1.54) is 6.33 Å². The Labute approximate surface area is 164 Å². The average Bonchev–Trinajstić information content (AvgIpc) is 3.13. The van der Waals surface area contributed by atoms with Gasteiger partial charge in [-0.1, -0.05) is 26.0 Å². The summed E-state index contributed by atoms with van der Waals surface area (Å²) in [7, 11) is 1.81. The summed E-state index contributed by atoms with van der Waals surface area (Å²) >= 11 is 0. The molecule has 0 saturated carbocycles. The monoisotopic (exact) mass is 374 g/mol. The van der Waals surface area contributed by atoms with Crippen molar-refractivity contribution in [1.29, 1.82) is 5.26 Å². The molecule has 0 radical (unpaired) electrons. The first-order valence-electron chi connectivity index (χ1n) is 9.10. The standard InChI is InChI=1S/C21H22N6O/c1-14(2)10-18(20-24-13-25-27(20)3)26-21(28)16-7-4-6-15(11-16)17-8-5-9-23-19(17)12-22/h4-9,11,13-14,18H,10H2,1-3H3,(H,26,28). The highest BCUT2D eigenvalue weighted by Crippen LogP contribution is 2.24. The van der Waals surface area contributed by atoms with Gasteiger partial charge in [0.1, 0.15) is 23.9 Å². The van der Waals surface area contributed by atoms with Crippen LogP contribution in [0.15, 0.2) is 48.9 Å². The first-order chi connectivity index (χ1) is 13.5. The Hall–Kier alpha value is -3.53. The maximum atomic E-state index is 12.9. The van der Waals surface area contributed by atoms with Crippen LogP contribution >= 0.6 is 0 Å². The number of pyridine rings is 1. The smallest absolute Gasteiger partial charge is 0.251 e. The zero-order valence-electron chi connectivity index (χ0n) is 16.1. The molecule has 0 aliphatic rings. The van der Waals surface area contributed by atoms with Crippen LogP contribution in [0.5, 0.6) is 0 Å². The highest BCUT2D eigenvalue weighted by Gasteiger charge is 2.21. The van der Waals surface area contributed by atoms with Crippen LogP contribution in [0.1, 0.15) is 48.2 Å². The summed E-state index contributed by atoms with van der Waals surface area (Å²) in [5, 5.41) is 16.5. The van der Waals surface area contributed by atoms with Crippen molar-refractivity contribution < 1.29 is 4.79 Å². The fraction of sp³-hybridized carbons (Fsp3) is 0.286. The van der Waals surface area contributed by atoms with Gasteiger partial charge in [-0.15, -0.1) is 0 Å². The molecule has 1 unspecified atom stereocenters. The minimum Gasteiger partial charge on any atom is -0.342 e. The van der Waals surface area contributed by atoms with Crippen LogP contribution in [-0.4, -0.2) is 25.7 Å². The Morgan fingerprint density at radius 1 is 1.25 bits per heavy atom. The molecule has 0 fully saturated rings. The van der Waals surface area contributed by atoms with Crippen LogP contribution < -0.4 is 5.32 Å². The average molecular weight is 374 g/mol. The van der Waals surface area contributed by atoms with Crippen LogP contribution in [0.4, 0.5) is 0 Å². The van der Waals surface area contributed by atoms with Crippen LogP contribution in [-0.2, 0) is 7.05 Å². The Morgan fingerprint density at radius 2 is 2.07 bits per heavy atom. The summed E-state index contributed by atoms with van der Waals surface area (Å²) in [5.41, 5.74) is 2.32. The van der Waals surface area contributed by atoms with Crippen molar-refractivity contribution >= 4 is 5.91 Å². The maximum Gasteiger partial charge on any atom is 0.251 e. The molecule has 1 aromatic carbocycles. The molecule has 1 atom stereocenters. The number of aromatic nitrogens is 4. The maximum absolute atomic E-state index is 12.9. The van der Waals surface area contributed by atoms with E-state index in [2.05, 4.69) is 40.3 Å². The molecule has 2 heterocycles. The lowest BCUT2D eigenvalue weighted by Crippen LogP contribution is -2.31. The van der Waals surface area contributed by atoms with Crippen LogP contribution in [0, 0.1) is 17.2 Å². The van der Waals surface area contributed by atoms with Gasteiger partial charge in [0.05, 0.1) is 6.04 Å². The summed E-state index contributed by atoms with van der Waals surface area (Å²) in [6.45, 7) is 4.20. The van der Waals surface area contributed by atoms with Crippen LogP contribution in [0.2, 0.25) is 0 Å². The van der Waals surface area contributed by atoms with Crippen molar-refractivity contribution in [2.45, 2.75) is 26.3 Å². The van der Waals surface area contributed by atoms with Gasteiger partial charge in [-0.2, -0.15) is 10.4 Å². The van der Waals surface area contributed by atoms with Crippen LogP contribution in [0.3, 0.4) is 0 Å². The molecule has 1 N–H and O–H groups in total. The van der Waals surface area contributed by atoms with E-state index in [1.807, 2.05) is 19.2 Å². The second-order valence-electron chi connectivity index (χ2n) is 6.99. The molecule has 0 saturated heterocycles. The van der Waals surface area contributed by atoms with Crippen molar-refractivity contribution in [2.24, 2.45) is 13.0 Å². The number of nitrogens with one attached hydrogen (secondary N) is 1. The Balaban J connectivity index is 1.88. The molecule has 0 spiro atoms. The molecule has 28 heavy (non-hydrogen) atoms. The van der Waals surface area contributed by atoms with E-state index < -0.39 is 0 Å². The summed E-state index contributed by atoms with van der Waals surface area (Å²) in [5.74, 6) is 0.900. The fourth-order valence-corrected chi connectivity index (χ4v) is 3.12. The molecule has 7 heteroatoms. The number of nitrogens with zero attached hydrogens (tertiary/aromatic N) is 5. The summed E-state index contributed by atoms with van der Waals surface area (Å²) < 4.78 is 1.68. The van der Waals surface area contributed by atoms with Crippen molar-refractivity contribution in [3.8, 4) is 17.2 Å². The molecular weight excluding hydrogens is 352 g/mol. The van der Waals surface area contributed by atoms with E-state index in [0.29, 0.717) is 22.7 Å². The fourth-order valence-electron chi connectivity index (χ4n) is 3.12. The molecule has 3 rings (SSSR count). The van der Waals surface area contributed by atoms with Gasteiger partial charge in [-0.25, -0.2) is 9.97 Å². The zero-order chi connectivity index (χ0) is 20.1. The normalized spacial score (nSPS) is 11.8. The van der Waals surface area contributed by atoms with Gasteiger partial charge in [-0.3, -0.25) is 9.48 Å². The molecule has 7 nitrogen and oxygen atoms in total. The number of hydrogen-bond donors (Lipinski definition) is 1. The third-order valence-corrected chi connectivity index (χ3v) is 4.42. The van der Waals surface area contributed by atoms with Gasteiger partial charge >= 0.3 is 0 Å². The van der Waals surface area contributed by atoms with E-state index in [0.717, 1.165) is 17.8 Å². The predicted octanol–water partition coefficient (Wildman–Crippen LogP) is 3.27. The number of nitriles is 1. The lowest BCUT2D eigenvalue weighted by Gasteiger charge is -2.20. The van der Waals surface area contributed by atoms with Crippen molar-refractivity contribution in [2.75, 3.05) is 0 Å². The molecule has 0 aliphatic carbocycles. The highest BCUT2D eigenvalue weighted by molar-refractivity contribution is 5.95. The molecular formula is C21H22N6O. The Morgan fingerprint density at radius 3 is 2.75 bits per heavy atom. The topological polar surface area (TPSA) is 96.5 Å². The predicted molar refractivity (Wildman–Crippen MR) is 105 cm³/mol. The van der Waals surface area contributed by atoms with Gasteiger partial charge in [0.2, 0.25) is 0 Å². The quantitative estimate of drug-likeness (QED) is 0.714. The van der Waals surface area contributed by atoms with Gasteiger partial charge in [-0.05, 0) is 42.2 Å². The first-order valence-corrected chi connectivity index (χ1v) is 9.10. The lowest BCUT2D eigenvalue weighted by atomic mass is 10.0. The number of carbonyl (C=O) groups excluding carboxylic acids is 1. The molecule has 3 aromatic rings. The number of aryl methyl sites for hydroxylation is 1. The van der Waals surface area contributed by atoms with Crippen LogP contribution in [0.25, 0.3) is 11.1 Å². The minimum absolute atomic E-state index is 0.196. The SMILES string of the molecule is CC(C)CC(NC(=O)c1cccc(-c2cccnc2C#N)c1)c1ncnn1C. The van der Waals surface area contributed by atoms with E-state index in [9.17, 15) is 10.1 Å². The number of carbonyl (C=O) groups is 1. The highest BCUT2D eigenvalue weighted by atomic mass is 16.1. The summed E-state index contributed by atoms with van der Waals surface area (Å²) in [6.07, 6.45) is 3.82. The van der Waals surface area contributed by atoms with Gasteiger partial charge in [0.25, 0.3) is 5.91 Å². The lowest BCUT2D eigenvalue weighted by molar-refractivity contribution is 0.0929. The Kier molecular flexibility index (Phi) is 5.80. The molecule has 2 aromatic heterocycles. The number of rotatable bonds is 6. The minimum atomic E-state index is -0.239. The largest absolute Gasteiger partial charge is 0.342 e. The van der Waals surface area contributed by atoms with E-state index >= 15 is 0 Å². The van der Waals surface area contributed by atoms with Gasteiger partial charge in [0.15, 0.2) is 0 Å². The summed E-state index contributed by atoms with van der Waals surface area (Å²) in [6, 6.07) is 12.6. The molecule has 142 valence electrons. The zero-order valence-corrected chi connectivity index (χ0v) is 16.1. The molecule has 0 aliphatic heterocycles. The van der Waals surface area contributed by atoms with E-state index in [4.69, 9.17) is 0 Å². The van der Waals surface area contributed by atoms with Crippen molar-refractivity contribution in [1.82, 2.24) is 25.1 Å². The molecule has 1 amide bonds. The number of benzene rings is 1. The van der Waals surface area contributed by atoms with E-state index in [1.54, 1.807) is 35.1 Å². The van der Waals surface area contributed by atoms with Crippen molar-refractivity contribution in [3.63, 3.8) is 0 Å². The molecule has 0 bridgehead atoms. The third kappa shape index (κ3) is 4.23. The van der Waals surface area contributed by atoms with Gasteiger partial charge < -0.3 is 5.32 Å². The van der Waals surface area contributed by atoms with Gasteiger partial charge in [0, 0.05) is 24.4 Å². The number of amides is 1. The van der Waals surface area contributed by atoms with E-state index in [-0.39, 0.29) is 11.9 Å². The Bertz CT molecular complexity index is 1020. The second-order valence-corrected chi connectivity index (χ2v) is 6.99. The summed E-state index contributed by atoms with van der Waals surface area (Å²) in [4.78, 5) is 21.3. The third-order valence-electron chi connectivity index (χ3n) is 4.42.